The van der Waals surface area contributed by atoms with Crippen LogP contribution in [0.15, 0.2) is 24.3 Å². The highest BCUT2D eigenvalue weighted by Gasteiger charge is 2.63. The first kappa shape index (κ1) is 39.4. The number of aromatic hydroxyl groups is 1. The fraction of sp³-hybridized carbons (Fsp3) is 0.500. The van der Waals surface area contributed by atoms with Gasteiger partial charge >= 0.3 is 11.9 Å². The minimum absolute atomic E-state index is 0.0588. The topological polar surface area (TPSA) is 185 Å². The van der Waals surface area contributed by atoms with Crippen molar-refractivity contribution >= 4 is 34.6 Å². The lowest BCUT2D eigenvalue weighted by Crippen LogP contribution is -2.62. The molecule has 5 N–H and O–H groups in total. The molecule has 0 saturated carbocycles. The van der Waals surface area contributed by atoms with Gasteiger partial charge in [-0.25, -0.2) is 4.79 Å². The molecule has 16 heteroatoms. The van der Waals surface area contributed by atoms with Gasteiger partial charge in [0.15, 0.2) is 28.5 Å². The van der Waals surface area contributed by atoms with E-state index in [0.29, 0.717) is 52.0 Å². The molecule has 4 aromatic rings. The normalized spacial score (nSPS) is 30.5. The Kier molecular flexibility index (Phi) is 8.97. The molecular weight excluding hydrogens is 793 g/mol. The number of H-pyrrole nitrogens is 1. The lowest BCUT2D eigenvalue weighted by atomic mass is 9.82. The second-order valence-electron chi connectivity index (χ2n) is 17.3. The third-order valence-electron chi connectivity index (χ3n) is 14.0. The number of ether oxygens (including phenoxy) is 6. The van der Waals surface area contributed by atoms with Crippen LogP contribution in [0.25, 0.3) is 10.9 Å². The minimum atomic E-state index is -1.47. The van der Waals surface area contributed by atoms with Gasteiger partial charge in [0.2, 0.25) is 6.79 Å². The number of hydrogen-bond acceptors (Lipinski definition) is 15. The number of aromatic nitrogens is 1. The van der Waals surface area contributed by atoms with Gasteiger partial charge in [0.25, 0.3) is 0 Å². The monoisotopic (exact) mass is 842 g/mol. The summed E-state index contributed by atoms with van der Waals surface area (Å²) in [6, 6.07) is 6.28. The lowest BCUT2D eigenvalue weighted by Gasteiger charge is -2.50. The third-order valence-corrected chi connectivity index (χ3v) is 15.4. The summed E-state index contributed by atoms with van der Waals surface area (Å²) >= 11 is 1.49. The summed E-state index contributed by atoms with van der Waals surface area (Å²) < 4.78 is 36.0. The van der Waals surface area contributed by atoms with Crippen molar-refractivity contribution in [3.05, 3.63) is 68.9 Å². The largest absolute Gasteiger partial charge is 0.504 e. The number of aliphatic hydroxyl groups is 2. The Balaban J connectivity index is 1.13. The number of rotatable bonds is 5. The first-order valence-electron chi connectivity index (χ1n) is 20.4. The summed E-state index contributed by atoms with van der Waals surface area (Å²) in [5.41, 5.74) is 3.30. The standard InChI is InChI=1S/C44H50N4O11S/c1-20-10-28-32(35(51)36(20)55-7)22(3)48-17-43(53,16-42(28,48)5)47-13-31-34-33(39-38(57-19-58-39)21(2)37(34)59-23(4)50)30(47)15-56-41(52)44(18-60-31)40-27(11-24(14-49)46-44)26-12-25(54-6)8-9-29(26)45-40/h8-10,12,22,24,30-31,45-46,49,51,53H,11,13-19H2,1-7H3/t22-,24+,30-,31-,42?,43-,44+/m0/s1. The number of hydrogen-bond donors (Lipinski definition) is 5. The second-order valence-corrected chi connectivity index (χ2v) is 18.5. The first-order chi connectivity index (χ1) is 28.7. The van der Waals surface area contributed by atoms with Crippen LogP contribution in [0.5, 0.6) is 34.5 Å². The van der Waals surface area contributed by atoms with Crippen LogP contribution in [-0.2, 0) is 31.8 Å². The molecule has 8 heterocycles. The fourth-order valence-corrected chi connectivity index (χ4v) is 12.9. The van der Waals surface area contributed by atoms with Crippen LogP contribution in [-0.4, -0.2) is 107 Å². The molecule has 7 aliphatic heterocycles. The number of nitrogens with zero attached hydrogens (tertiary/aromatic N) is 2. The molecule has 1 unspecified atom stereocenters. The number of benzene rings is 3. The van der Waals surface area contributed by atoms with E-state index in [-0.39, 0.29) is 57.1 Å². The highest BCUT2D eigenvalue weighted by molar-refractivity contribution is 7.99. The molecule has 60 heavy (non-hydrogen) atoms. The van der Waals surface area contributed by atoms with E-state index < -0.39 is 46.1 Å². The van der Waals surface area contributed by atoms with E-state index in [0.717, 1.165) is 38.7 Å². The fourth-order valence-electron chi connectivity index (χ4n) is 11.4. The minimum Gasteiger partial charge on any atom is -0.504 e. The number of thioether (sulfide) groups is 1. The van der Waals surface area contributed by atoms with Crippen molar-refractivity contribution in [2.45, 2.75) is 87.6 Å². The zero-order valence-electron chi connectivity index (χ0n) is 34.7. The molecule has 1 aromatic heterocycles. The number of aliphatic hydroxyl groups excluding tert-OH is 1. The number of aromatic amines is 1. The maximum atomic E-state index is 15.1. The van der Waals surface area contributed by atoms with E-state index in [1.807, 2.05) is 43.9 Å². The predicted molar refractivity (Wildman–Crippen MR) is 220 cm³/mol. The molecule has 0 aliphatic carbocycles. The molecule has 3 aromatic carbocycles. The van der Waals surface area contributed by atoms with Crippen molar-refractivity contribution in [1.82, 2.24) is 20.1 Å². The van der Waals surface area contributed by atoms with Gasteiger partial charge in [-0.1, -0.05) is 0 Å². The average Bonchev–Trinajstić information content (AvgIpc) is 3.97. The molecule has 15 nitrogen and oxygen atoms in total. The molecular formula is C44H50N4O11S. The van der Waals surface area contributed by atoms with E-state index in [4.69, 9.17) is 28.4 Å². The quantitative estimate of drug-likeness (QED) is 0.138. The van der Waals surface area contributed by atoms with E-state index >= 15 is 4.79 Å². The summed E-state index contributed by atoms with van der Waals surface area (Å²) in [7, 11) is 3.16. The van der Waals surface area contributed by atoms with Crippen LogP contribution in [0.4, 0.5) is 0 Å². The number of fused-ring (bicyclic) bond motifs is 11. The number of methoxy groups -OCH3 is 2. The van der Waals surface area contributed by atoms with Crippen molar-refractivity contribution < 1.29 is 53.3 Å². The Hall–Kier alpha value is -4.71. The summed E-state index contributed by atoms with van der Waals surface area (Å²) in [6.07, 6.45) is 0.738. The first-order valence-corrected chi connectivity index (χ1v) is 21.4. The van der Waals surface area contributed by atoms with E-state index in [9.17, 15) is 20.1 Å². The van der Waals surface area contributed by atoms with Gasteiger partial charge in [-0.05, 0) is 75.1 Å². The second kappa shape index (κ2) is 13.6. The molecule has 7 atom stereocenters. The Bertz CT molecular complexity index is 2510. The zero-order chi connectivity index (χ0) is 42.2. The Morgan fingerprint density at radius 2 is 1.83 bits per heavy atom. The van der Waals surface area contributed by atoms with Crippen molar-refractivity contribution in [1.29, 1.82) is 0 Å². The smallest absolute Gasteiger partial charge is 0.333 e. The Morgan fingerprint density at radius 1 is 1.05 bits per heavy atom. The maximum absolute atomic E-state index is 15.1. The highest BCUT2D eigenvalue weighted by atomic mass is 32.2. The predicted octanol–water partition coefficient (Wildman–Crippen LogP) is 4.64. The van der Waals surface area contributed by atoms with Crippen LogP contribution in [0.2, 0.25) is 0 Å². The van der Waals surface area contributed by atoms with Gasteiger partial charge in [-0.2, -0.15) is 0 Å². The molecule has 2 bridgehead atoms. The highest BCUT2D eigenvalue weighted by Crippen LogP contribution is 2.63. The number of phenols is 1. The van der Waals surface area contributed by atoms with Gasteiger partial charge in [0.05, 0.1) is 32.6 Å². The molecule has 1 spiro atoms. The summed E-state index contributed by atoms with van der Waals surface area (Å²) in [5.74, 6) is 1.61. The number of phenolic OH excluding ortho intramolecular Hbond substituents is 1. The SMILES string of the molecule is COc1ccc2[nH]c3c(c2c1)C[C@H](CO)N[C@]31CS[C@H]2CN([C@@]3(O)CN4[C@@H](C)c5c(cc(C)c(OC)c5O)C4(C)C3)[C@@H](COC1=O)c1c3c(c(C)c(OC(C)=O)c12)OCO3. The van der Waals surface area contributed by atoms with Crippen LogP contribution >= 0.6 is 11.8 Å². The Morgan fingerprint density at radius 3 is 2.57 bits per heavy atom. The van der Waals surface area contributed by atoms with Crippen LogP contribution < -0.4 is 29.0 Å². The van der Waals surface area contributed by atoms with E-state index in [1.54, 1.807) is 14.2 Å². The van der Waals surface area contributed by atoms with Gasteiger partial charge in [0.1, 0.15) is 23.8 Å². The number of aryl methyl sites for hydroxylation is 1. The van der Waals surface area contributed by atoms with E-state index in [1.165, 1.54) is 18.7 Å². The van der Waals surface area contributed by atoms with Crippen molar-refractivity contribution in [3.8, 4) is 34.5 Å². The van der Waals surface area contributed by atoms with Crippen molar-refractivity contribution in [3.63, 3.8) is 0 Å². The maximum Gasteiger partial charge on any atom is 0.333 e. The van der Waals surface area contributed by atoms with Crippen molar-refractivity contribution in [2.24, 2.45) is 0 Å². The van der Waals surface area contributed by atoms with Gasteiger partial charge in [-0.15, -0.1) is 11.8 Å². The van der Waals surface area contributed by atoms with E-state index in [2.05, 4.69) is 28.2 Å². The molecule has 11 rings (SSSR count). The third kappa shape index (κ3) is 5.33. The molecule has 2 saturated heterocycles. The average molecular weight is 843 g/mol. The molecule has 7 aliphatic rings. The van der Waals surface area contributed by atoms with Gasteiger partial charge < -0.3 is 48.7 Å². The summed E-state index contributed by atoms with van der Waals surface area (Å²) in [6.45, 7) is 9.27. The summed E-state index contributed by atoms with van der Waals surface area (Å²) in [5, 5.41) is 39.3. The van der Waals surface area contributed by atoms with Crippen LogP contribution in [0.3, 0.4) is 0 Å². The summed E-state index contributed by atoms with van der Waals surface area (Å²) in [4.78, 5) is 35.7. The van der Waals surface area contributed by atoms with Gasteiger partial charge in [0, 0.05) is 88.2 Å². The van der Waals surface area contributed by atoms with Crippen molar-refractivity contribution in [2.75, 3.05) is 53.1 Å². The lowest BCUT2D eigenvalue weighted by molar-refractivity contribution is -0.165. The Labute approximate surface area is 351 Å². The number of esters is 2. The molecule has 0 amide bonds. The van der Waals surface area contributed by atoms with Gasteiger partial charge in [-0.3, -0.25) is 19.9 Å². The van der Waals surface area contributed by atoms with Crippen LogP contribution in [0.1, 0.15) is 89.2 Å². The molecule has 318 valence electrons. The number of nitrogens with one attached hydrogen (secondary N) is 2. The van der Waals surface area contributed by atoms with Crippen LogP contribution in [0, 0.1) is 13.8 Å². The molecule has 0 radical (unpaired) electrons. The zero-order valence-corrected chi connectivity index (χ0v) is 35.5. The number of carbonyl (C=O) groups is 2. The number of carbonyl (C=O) groups excluding carboxylic acids is 2. The molecule has 2 fully saturated rings.